The fourth-order valence-electron chi connectivity index (χ4n) is 3.02. The van der Waals surface area contributed by atoms with Crippen LogP contribution in [-0.2, 0) is 6.42 Å². The highest BCUT2D eigenvalue weighted by atomic mass is 35.5. The number of H-pyrrole nitrogens is 1. The number of hydrogen-bond donors (Lipinski definition) is 1. The van der Waals surface area contributed by atoms with Crippen molar-refractivity contribution < 1.29 is 0 Å². The Balaban J connectivity index is 1.86. The zero-order valence-corrected chi connectivity index (χ0v) is 10.8. The van der Waals surface area contributed by atoms with E-state index in [0.29, 0.717) is 0 Å². The van der Waals surface area contributed by atoms with E-state index in [-0.39, 0.29) is 0 Å². The molecule has 1 aliphatic rings. The minimum Gasteiger partial charge on any atom is -0.361 e. The van der Waals surface area contributed by atoms with E-state index >= 15 is 0 Å². The summed E-state index contributed by atoms with van der Waals surface area (Å²) in [6.45, 7) is 0. The van der Waals surface area contributed by atoms with Gasteiger partial charge in [-0.3, -0.25) is 0 Å². The summed E-state index contributed by atoms with van der Waals surface area (Å²) in [6, 6.07) is 6.11. The summed E-state index contributed by atoms with van der Waals surface area (Å²) >= 11 is 6.08. The van der Waals surface area contributed by atoms with Crippen molar-refractivity contribution in [2.75, 3.05) is 0 Å². The quantitative estimate of drug-likeness (QED) is 0.773. The SMILES string of the molecule is Clc1ccc2[nH]cc(CC3CCCCC3)c2c1. The molecule has 0 atom stereocenters. The van der Waals surface area contributed by atoms with Crippen LogP contribution >= 0.6 is 11.6 Å². The molecule has 0 saturated heterocycles. The van der Waals surface area contributed by atoms with Gasteiger partial charge in [0.05, 0.1) is 0 Å². The van der Waals surface area contributed by atoms with Gasteiger partial charge in [-0.2, -0.15) is 0 Å². The number of aromatic nitrogens is 1. The van der Waals surface area contributed by atoms with E-state index in [1.54, 1.807) is 0 Å². The normalized spacial score (nSPS) is 17.7. The second-order valence-electron chi connectivity index (χ2n) is 5.21. The molecule has 0 aliphatic heterocycles. The molecule has 2 aromatic rings. The third-order valence-electron chi connectivity index (χ3n) is 3.96. The Morgan fingerprint density at radius 1 is 1.18 bits per heavy atom. The molecule has 1 N–H and O–H groups in total. The highest BCUT2D eigenvalue weighted by molar-refractivity contribution is 6.31. The van der Waals surface area contributed by atoms with Crippen molar-refractivity contribution in [2.24, 2.45) is 5.92 Å². The molecule has 1 saturated carbocycles. The van der Waals surface area contributed by atoms with Crippen molar-refractivity contribution in [1.82, 2.24) is 4.98 Å². The molecule has 1 fully saturated rings. The summed E-state index contributed by atoms with van der Waals surface area (Å²) in [7, 11) is 0. The number of halogens is 1. The van der Waals surface area contributed by atoms with Crippen LogP contribution < -0.4 is 0 Å². The first-order valence-corrected chi connectivity index (χ1v) is 6.96. The van der Waals surface area contributed by atoms with E-state index in [0.717, 1.165) is 10.9 Å². The Labute approximate surface area is 107 Å². The lowest BCUT2D eigenvalue weighted by Gasteiger charge is -2.21. The maximum Gasteiger partial charge on any atom is 0.0457 e. The van der Waals surface area contributed by atoms with Gasteiger partial charge in [0.15, 0.2) is 0 Å². The summed E-state index contributed by atoms with van der Waals surface area (Å²) in [5.41, 5.74) is 2.65. The van der Waals surface area contributed by atoms with Crippen LogP contribution in [0.3, 0.4) is 0 Å². The second kappa shape index (κ2) is 4.73. The minimum atomic E-state index is 0.835. The Morgan fingerprint density at radius 2 is 2.00 bits per heavy atom. The largest absolute Gasteiger partial charge is 0.361 e. The number of nitrogens with one attached hydrogen (secondary N) is 1. The molecule has 0 unspecified atom stereocenters. The lowest BCUT2D eigenvalue weighted by atomic mass is 9.85. The molecule has 0 bridgehead atoms. The molecule has 1 heterocycles. The summed E-state index contributed by atoms with van der Waals surface area (Å²) < 4.78 is 0. The number of hydrogen-bond acceptors (Lipinski definition) is 0. The van der Waals surface area contributed by atoms with Gasteiger partial charge >= 0.3 is 0 Å². The highest BCUT2D eigenvalue weighted by Crippen LogP contribution is 2.30. The van der Waals surface area contributed by atoms with E-state index in [1.807, 2.05) is 6.07 Å². The zero-order chi connectivity index (χ0) is 11.7. The lowest BCUT2D eigenvalue weighted by Crippen LogP contribution is -2.08. The van der Waals surface area contributed by atoms with Gasteiger partial charge in [-0.05, 0) is 36.1 Å². The number of rotatable bonds is 2. The summed E-state index contributed by atoms with van der Waals surface area (Å²) in [5, 5.41) is 2.14. The number of benzene rings is 1. The van der Waals surface area contributed by atoms with Gasteiger partial charge in [0.1, 0.15) is 0 Å². The molecule has 1 aliphatic carbocycles. The predicted octanol–water partition coefficient (Wildman–Crippen LogP) is 4.94. The van der Waals surface area contributed by atoms with Gasteiger partial charge in [-0.1, -0.05) is 43.7 Å². The number of aromatic amines is 1. The molecule has 0 radical (unpaired) electrons. The van der Waals surface area contributed by atoms with Crippen molar-refractivity contribution in [2.45, 2.75) is 38.5 Å². The average molecular weight is 248 g/mol. The molecule has 90 valence electrons. The van der Waals surface area contributed by atoms with Crippen molar-refractivity contribution in [3.63, 3.8) is 0 Å². The molecule has 2 heteroatoms. The Bertz CT molecular complexity index is 509. The van der Waals surface area contributed by atoms with Crippen LogP contribution in [0.5, 0.6) is 0 Å². The lowest BCUT2D eigenvalue weighted by molar-refractivity contribution is 0.357. The predicted molar refractivity (Wildman–Crippen MR) is 73.6 cm³/mol. The van der Waals surface area contributed by atoms with Crippen LogP contribution in [0.1, 0.15) is 37.7 Å². The summed E-state index contributed by atoms with van der Waals surface area (Å²) in [4.78, 5) is 3.35. The third-order valence-corrected chi connectivity index (χ3v) is 4.20. The highest BCUT2D eigenvalue weighted by Gasteiger charge is 2.15. The van der Waals surface area contributed by atoms with Crippen molar-refractivity contribution >= 4 is 22.5 Å². The third kappa shape index (κ3) is 2.35. The fraction of sp³-hybridized carbons (Fsp3) is 0.467. The van der Waals surface area contributed by atoms with Gasteiger partial charge in [-0.15, -0.1) is 0 Å². The molecule has 1 aromatic heterocycles. The molecule has 1 aromatic carbocycles. The Kier molecular flexibility index (Phi) is 3.11. The number of fused-ring (bicyclic) bond motifs is 1. The van der Waals surface area contributed by atoms with E-state index in [1.165, 1.54) is 55.0 Å². The standard InChI is InChI=1S/C15H18ClN/c16-13-6-7-15-14(9-13)12(10-17-15)8-11-4-2-1-3-5-11/h6-7,9-11,17H,1-5,8H2. The monoisotopic (exact) mass is 247 g/mol. The van der Waals surface area contributed by atoms with Crippen LogP contribution in [0.25, 0.3) is 10.9 Å². The molecule has 0 amide bonds. The van der Waals surface area contributed by atoms with Gasteiger partial charge < -0.3 is 4.98 Å². The van der Waals surface area contributed by atoms with Crippen LogP contribution in [0, 0.1) is 5.92 Å². The van der Waals surface area contributed by atoms with E-state index in [2.05, 4.69) is 23.3 Å². The van der Waals surface area contributed by atoms with Crippen molar-refractivity contribution in [3.05, 3.63) is 35.0 Å². The first kappa shape index (κ1) is 11.2. The molecule has 1 nitrogen and oxygen atoms in total. The van der Waals surface area contributed by atoms with Crippen LogP contribution in [-0.4, -0.2) is 4.98 Å². The zero-order valence-electron chi connectivity index (χ0n) is 10.0. The van der Waals surface area contributed by atoms with Crippen LogP contribution in [0.2, 0.25) is 5.02 Å². The van der Waals surface area contributed by atoms with Crippen LogP contribution in [0.15, 0.2) is 24.4 Å². The van der Waals surface area contributed by atoms with Gasteiger partial charge in [0.2, 0.25) is 0 Å². The topological polar surface area (TPSA) is 15.8 Å². The molecule has 3 rings (SSSR count). The van der Waals surface area contributed by atoms with Crippen LogP contribution in [0.4, 0.5) is 0 Å². The summed E-state index contributed by atoms with van der Waals surface area (Å²) in [5.74, 6) is 0.877. The minimum absolute atomic E-state index is 0.835. The Morgan fingerprint density at radius 3 is 2.82 bits per heavy atom. The van der Waals surface area contributed by atoms with E-state index in [4.69, 9.17) is 11.6 Å². The second-order valence-corrected chi connectivity index (χ2v) is 5.65. The van der Waals surface area contributed by atoms with Gasteiger partial charge in [0, 0.05) is 22.1 Å². The maximum atomic E-state index is 6.08. The first-order chi connectivity index (χ1) is 8.33. The van der Waals surface area contributed by atoms with Gasteiger partial charge in [0.25, 0.3) is 0 Å². The molecule has 0 spiro atoms. The van der Waals surface area contributed by atoms with Crippen molar-refractivity contribution in [1.29, 1.82) is 0 Å². The van der Waals surface area contributed by atoms with E-state index in [9.17, 15) is 0 Å². The molecular weight excluding hydrogens is 230 g/mol. The smallest absolute Gasteiger partial charge is 0.0457 e. The first-order valence-electron chi connectivity index (χ1n) is 6.58. The Hall–Kier alpha value is -0.950. The van der Waals surface area contributed by atoms with Crippen molar-refractivity contribution in [3.8, 4) is 0 Å². The van der Waals surface area contributed by atoms with E-state index < -0.39 is 0 Å². The summed E-state index contributed by atoms with van der Waals surface area (Å²) in [6.07, 6.45) is 10.4. The fourth-order valence-corrected chi connectivity index (χ4v) is 3.19. The molecular formula is C15H18ClN. The average Bonchev–Trinajstić information content (AvgIpc) is 2.73. The maximum absolute atomic E-state index is 6.08. The van der Waals surface area contributed by atoms with Gasteiger partial charge in [-0.25, -0.2) is 0 Å². The molecule has 17 heavy (non-hydrogen) atoms.